The number of aromatic amines is 1. The average molecular weight is 298 g/mol. The van der Waals surface area contributed by atoms with E-state index in [2.05, 4.69) is 37.9 Å². The summed E-state index contributed by atoms with van der Waals surface area (Å²) >= 11 is 0. The third-order valence-electron chi connectivity index (χ3n) is 3.63. The van der Waals surface area contributed by atoms with Gasteiger partial charge in [-0.1, -0.05) is 45.0 Å². The van der Waals surface area contributed by atoms with Crippen LogP contribution >= 0.6 is 0 Å². The van der Waals surface area contributed by atoms with E-state index in [9.17, 15) is 9.59 Å². The average Bonchev–Trinajstić information content (AvgIpc) is 2.46. The summed E-state index contributed by atoms with van der Waals surface area (Å²) in [7, 11) is 1.70. The first-order chi connectivity index (χ1) is 10.3. The molecule has 1 amide bonds. The largest absolute Gasteiger partial charge is 0.337 e. The highest BCUT2D eigenvalue weighted by atomic mass is 16.2. The van der Waals surface area contributed by atoms with Crippen LogP contribution in [0, 0.1) is 0 Å². The normalized spacial score (nSPS) is 11.3. The molecule has 0 bridgehead atoms. The van der Waals surface area contributed by atoms with Gasteiger partial charge in [0.25, 0.3) is 11.5 Å². The van der Waals surface area contributed by atoms with Gasteiger partial charge in [-0.25, -0.2) is 0 Å². The molecule has 0 aliphatic rings. The molecule has 0 aliphatic heterocycles. The molecule has 0 saturated heterocycles. The van der Waals surface area contributed by atoms with Crippen molar-refractivity contribution >= 4 is 5.91 Å². The van der Waals surface area contributed by atoms with Crippen LogP contribution in [0.1, 0.15) is 42.3 Å². The van der Waals surface area contributed by atoms with Gasteiger partial charge in [0.2, 0.25) is 0 Å². The van der Waals surface area contributed by atoms with Gasteiger partial charge in [-0.3, -0.25) is 9.59 Å². The number of hydrogen-bond acceptors (Lipinski definition) is 2. The molecule has 2 rings (SSSR count). The van der Waals surface area contributed by atoms with Crippen LogP contribution in [0.4, 0.5) is 0 Å². The van der Waals surface area contributed by atoms with Crippen molar-refractivity contribution in [3.05, 3.63) is 69.6 Å². The Morgan fingerprint density at radius 3 is 2.32 bits per heavy atom. The Labute approximate surface area is 130 Å². The van der Waals surface area contributed by atoms with Crippen molar-refractivity contribution in [3.63, 3.8) is 0 Å². The van der Waals surface area contributed by atoms with Crippen LogP contribution in [0.2, 0.25) is 0 Å². The fraction of sp³-hybridized carbons (Fsp3) is 0.333. The number of carbonyl (C=O) groups is 1. The first-order valence-corrected chi connectivity index (χ1v) is 7.31. The second kappa shape index (κ2) is 6.18. The molecule has 1 heterocycles. The van der Waals surface area contributed by atoms with Crippen molar-refractivity contribution in [2.24, 2.45) is 0 Å². The zero-order valence-corrected chi connectivity index (χ0v) is 13.5. The Kier molecular flexibility index (Phi) is 4.50. The Balaban J connectivity index is 2.12. The van der Waals surface area contributed by atoms with E-state index in [-0.39, 0.29) is 22.4 Å². The van der Waals surface area contributed by atoms with E-state index in [1.54, 1.807) is 24.1 Å². The van der Waals surface area contributed by atoms with Gasteiger partial charge in [0, 0.05) is 19.8 Å². The lowest BCUT2D eigenvalue weighted by molar-refractivity contribution is 0.0783. The topological polar surface area (TPSA) is 53.2 Å². The van der Waals surface area contributed by atoms with Crippen LogP contribution in [0.25, 0.3) is 0 Å². The van der Waals surface area contributed by atoms with Crippen molar-refractivity contribution in [2.45, 2.75) is 32.7 Å². The van der Waals surface area contributed by atoms with Crippen molar-refractivity contribution in [1.29, 1.82) is 0 Å². The quantitative estimate of drug-likeness (QED) is 0.947. The van der Waals surface area contributed by atoms with Crippen LogP contribution in [0.3, 0.4) is 0 Å². The van der Waals surface area contributed by atoms with E-state index >= 15 is 0 Å². The number of nitrogens with zero attached hydrogens (tertiary/aromatic N) is 1. The van der Waals surface area contributed by atoms with Gasteiger partial charge in [-0.2, -0.15) is 0 Å². The van der Waals surface area contributed by atoms with E-state index in [1.807, 2.05) is 12.1 Å². The predicted octanol–water partition coefficient (Wildman–Crippen LogP) is 2.94. The van der Waals surface area contributed by atoms with Gasteiger partial charge in [0.05, 0.1) is 0 Å². The number of aromatic nitrogens is 1. The fourth-order valence-electron chi connectivity index (χ4n) is 2.25. The molecule has 0 radical (unpaired) electrons. The molecule has 0 unspecified atom stereocenters. The van der Waals surface area contributed by atoms with Crippen molar-refractivity contribution in [3.8, 4) is 0 Å². The lowest BCUT2D eigenvalue weighted by atomic mass is 9.87. The Morgan fingerprint density at radius 2 is 1.77 bits per heavy atom. The molecule has 4 heteroatoms. The Hall–Kier alpha value is -2.36. The van der Waals surface area contributed by atoms with Crippen LogP contribution in [0.5, 0.6) is 0 Å². The van der Waals surface area contributed by atoms with Gasteiger partial charge in [-0.15, -0.1) is 0 Å². The number of hydrogen-bond donors (Lipinski definition) is 1. The molecular formula is C18H22N2O2. The summed E-state index contributed by atoms with van der Waals surface area (Å²) in [4.78, 5) is 28.0. The molecule has 2 aromatic rings. The lowest BCUT2D eigenvalue weighted by Crippen LogP contribution is -2.31. The number of amides is 1. The Bertz CT molecular complexity index is 709. The van der Waals surface area contributed by atoms with Crippen LogP contribution < -0.4 is 5.56 Å². The molecule has 0 fully saturated rings. The fourth-order valence-corrected chi connectivity index (χ4v) is 2.25. The summed E-state index contributed by atoms with van der Waals surface area (Å²) in [5.74, 6) is -0.276. The van der Waals surface area contributed by atoms with Gasteiger partial charge in [0.15, 0.2) is 0 Å². The molecule has 22 heavy (non-hydrogen) atoms. The van der Waals surface area contributed by atoms with Gasteiger partial charge in [-0.05, 0) is 28.7 Å². The highest BCUT2D eigenvalue weighted by molar-refractivity contribution is 5.93. The van der Waals surface area contributed by atoms with Gasteiger partial charge >= 0.3 is 0 Å². The van der Waals surface area contributed by atoms with Gasteiger partial charge in [0.1, 0.15) is 5.56 Å². The van der Waals surface area contributed by atoms with Crippen LogP contribution in [-0.4, -0.2) is 22.8 Å². The van der Waals surface area contributed by atoms with Crippen molar-refractivity contribution in [1.82, 2.24) is 9.88 Å². The third-order valence-corrected chi connectivity index (χ3v) is 3.63. The summed E-state index contributed by atoms with van der Waals surface area (Å²) in [6, 6.07) is 11.4. The van der Waals surface area contributed by atoms with Gasteiger partial charge < -0.3 is 9.88 Å². The minimum absolute atomic E-state index is 0.109. The molecule has 4 nitrogen and oxygen atoms in total. The predicted molar refractivity (Wildman–Crippen MR) is 88.0 cm³/mol. The number of nitrogens with one attached hydrogen (secondary N) is 1. The summed E-state index contributed by atoms with van der Waals surface area (Å²) in [5, 5.41) is 0. The minimum Gasteiger partial charge on any atom is -0.337 e. The minimum atomic E-state index is -0.359. The SMILES string of the molecule is CN(Cc1ccc(C(C)(C)C)cc1)C(=O)c1ccc[nH]c1=O. The molecule has 0 atom stereocenters. The van der Waals surface area contributed by atoms with Crippen molar-refractivity contribution in [2.75, 3.05) is 7.05 Å². The summed E-state index contributed by atoms with van der Waals surface area (Å²) in [5.41, 5.74) is 2.21. The number of pyridine rings is 1. The molecule has 1 aromatic carbocycles. The number of H-pyrrole nitrogens is 1. The monoisotopic (exact) mass is 298 g/mol. The molecular weight excluding hydrogens is 276 g/mol. The Morgan fingerprint density at radius 1 is 1.14 bits per heavy atom. The molecule has 1 N–H and O–H groups in total. The molecule has 0 spiro atoms. The summed E-state index contributed by atoms with van der Waals surface area (Å²) in [6.07, 6.45) is 1.52. The summed E-state index contributed by atoms with van der Waals surface area (Å²) in [6.45, 7) is 6.97. The molecule has 116 valence electrons. The van der Waals surface area contributed by atoms with E-state index < -0.39 is 0 Å². The van der Waals surface area contributed by atoms with Crippen LogP contribution in [-0.2, 0) is 12.0 Å². The maximum absolute atomic E-state index is 12.3. The van der Waals surface area contributed by atoms with Crippen LogP contribution in [0.15, 0.2) is 47.4 Å². The third kappa shape index (κ3) is 3.64. The second-order valence-electron chi connectivity index (χ2n) is 6.52. The smallest absolute Gasteiger partial charge is 0.260 e. The zero-order valence-electron chi connectivity index (χ0n) is 13.5. The van der Waals surface area contributed by atoms with E-state index in [1.165, 1.54) is 11.8 Å². The first kappa shape index (κ1) is 16.0. The highest BCUT2D eigenvalue weighted by Crippen LogP contribution is 2.22. The zero-order chi connectivity index (χ0) is 16.3. The second-order valence-corrected chi connectivity index (χ2v) is 6.52. The molecule has 1 aromatic heterocycles. The summed E-state index contributed by atoms with van der Waals surface area (Å²) < 4.78 is 0. The maximum Gasteiger partial charge on any atom is 0.260 e. The number of carbonyl (C=O) groups excluding carboxylic acids is 1. The molecule has 0 aliphatic carbocycles. The van der Waals surface area contributed by atoms with E-state index in [0.29, 0.717) is 6.54 Å². The lowest BCUT2D eigenvalue weighted by Gasteiger charge is -2.20. The molecule has 0 saturated carbocycles. The first-order valence-electron chi connectivity index (χ1n) is 7.31. The number of benzene rings is 1. The maximum atomic E-state index is 12.3. The number of rotatable bonds is 3. The standard InChI is InChI=1S/C18H22N2O2/c1-18(2,3)14-9-7-13(8-10-14)12-20(4)17(22)15-6-5-11-19-16(15)21/h5-11H,12H2,1-4H3,(H,19,21). The van der Waals surface area contributed by atoms with E-state index in [4.69, 9.17) is 0 Å². The van der Waals surface area contributed by atoms with Crippen molar-refractivity contribution < 1.29 is 4.79 Å². The van der Waals surface area contributed by atoms with E-state index in [0.717, 1.165) is 5.56 Å². The highest BCUT2D eigenvalue weighted by Gasteiger charge is 2.16.